The van der Waals surface area contributed by atoms with E-state index < -0.39 is 0 Å². The molecule has 1 atom stereocenters. The van der Waals surface area contributed by atoms with E-state index in [0.717, 1.165) is 53.6 Å². The summed E-state index contributed by atoms with van der Waals surface area (Å²) in [5, 5.41) is 24.1. The Bertz CT molecular complexity index is 1320. The quantitative estimate of drug-likeness (QED) is 0.146. The van der Waals surface area contributed by atoms with Crippen LogP contribution in [-0.4, -0.2) is 29.1 Å². The molecule has 0 unspecified atom stereocenters. The minimum atomic E-state index is -0.126. The van der Waals surface area contributed by atoms with Crippen LogP contribution in [0.1, 0.15) is 78.6 Å². The number of hydrogen-bond acceptors (Lipinski definition) is 6. The summed E-state index contributed by atoms with van der Waals surface area (Å²) in [4.78, 5) is 12.2. The van der Waals surface area contributed by atoms with Crippen molar-refractivity contribution in [3.05, 3.63) is 100 Å². The maximum absolute atomic E-state index is 12.2. The van der Waals surface area contributed by atoms with Crippen LogP contribution in [0.5, 0.6) is 17.2 Å². The number of ether oxygens (including phenoxy) is 1. The number of phenolic OH excluding ortho intramolecular Hbond substituents is 2. The van der Waals surface area contributed by atoms with E-state index in [4.69, 9.17) is 10.5 Å². The van der Waals surface area contributed by atoms with Crippen molar-refractivity contribution >= 4 is 5.78 Å². The van der Waals surface area contributed by atoms with Gasteiger partial charge in [-0.15, -0.1) is 0 Å². The molecule has 1 aliphatic rings. The van der Waals surface area contributed by atoms with E-state index in [-0.39, 0.29) is 23.4 Å². The number of fused-ring (bicyclic) bond motifs is 1. The Morgan fingerprint density at radius 1 is 1.00 bits per heavy atom. The van der Waals surface area contributed by atoms with Crippen LogP contribution >= 0.6 is 0 Å². The summed E-state index contributed by atoms with van der Waals surface area (Å²) in [6, 6.07) is 17.3. The van der Waals surface area contributed by atoms with Crippen LogP contribution in [0, 0.1) is 0 Å². The number of aryl methyl sites for hydroxylation is 1. The van der Waals surface area contributed by atoms with Crippen LogP contribution in [0.3, 0.4) is 0 Å². The molecule has 40 heavy (non-hydrogen) atoms. The second-order valence-corrected chi connectivity index (χ2v) is 10.6. The van der Waals surface area contributed by atoms with E-state index in [2.05, 4.69) is 30.4 Å². The molecule has 3 aromatic rings. The van der Waals surface area contributed by atoms with Crippen molar-refractivity contribution in [1.29, 1.82) is 0 Å². The second kappa shape index (κ2) is 14.7. The molecule has 0 radical (unpaired) electrons. The number of carbonyl (C=O) groups is 1. The molecule has 3 aromatic carbocycles. The molecule has 0 aliphatic carbocycles. The molecule has 5 N–H and O–H groups in total. The molecule has 0 fully saturated rings. The third-order valence-electron chi connectivity index (χ3n) is 7.45. The topological polar surface area (TPSA) is 105 Å². The van der Waals surface area contributed by atoms with E-state index >= 15 is 0 Å². The normalized spacial score (nSPS) is 14.8. The summed E-state index contributed by atoms with van der Waals surface area (Å²) in [5.41, 5.74) is 12.6. The van der Waals surface area contributed by atoms with Crippen molar-refractivity contribution in [2.45, 2.75) is 70.9 Å². The Hall–Kier alpha value is -3.61. The lowest BCUT2D eigenvalue weighted by molar-refractivity contribution is -0.114. The van der Waals surface area contributed by atoms with Crippen molar-refractivity contribution in [2.24, 2.45) is 5.73 Å². The number of rotatable bonds is 14. The lowest BCUT2D eigenvalue weighted by Crippen LogP contribution is -2.35. The number of benzene rings is 3. The van der Waals surface area contributed by atoms with Crippen LogP contribution in [0.15, 0.2) is 66.7 Å². The van der Waals surface area contributed by atoms with Gasteiger partial charge in [-0.25, -0.2) is 0 Å². The SMILES string of the molecule is CCCCC/C=C/C(=O)CCc1ccc(O)c(OCCc2ccc(O)c(Cc3ccc4c(c3)CCN[C@@H]4N)c2)c1. The fourth-order valence-corrected chi connectivity index (χ4v) is 5.10. The van der Waals surface area contributed by atoms with Crippen molar-refractivity contribution in [3.8, 4) is 17.2 Å². The molecule has 212 valence electrons. The van der Waals surface area contributed by atoms with Gasteiger partial charge in [-0.05, 0) is 83.3 Å². The second-order valence-electron chi connectivity index (χ2n) is 10.6. The van der Waals surface area contributed by atoms with Crippen LogP contribution in [0.4, 0.5) is 0 Å². The van der Waals surface area contributed by atoms with E-state index in [1.807, 2.05) is 30.3 Å². The van der Waals surface area contributed by atoms with Gasteiger partial charge >= 0.3 is 0 Å². The van der Waals surface area contributed by atoms with Crippen LogP contribution in [-0.2, 0) is 30.5 Å². The molecule has 4 rings (SSSR count). The monoisotopic (exact) mass is 542 g/mol. The molecule has 0 saturated carbocycles. The summed E-state index contributed by atoms with van der Waals surface area (Å²) in [7, 11) is 0. The average Bonchev–Trinajstić information content (AvgIpc) is 2.95. The van der Waals surface area contributed by atoms with Gasteiger partial charge in [0.1, 0.15) is 5.75 Å². The maximum Gasteiger partial charge on any atom is 0.161 e. The summed E-state index contributed by atoms with van der Waals surface area (Å²) in [6.07, 6.45) is 11.2. The third-order valence-corrected chi connectivity index (χ3v) is 7.45. The van der Waals surface area contributed by atoms with E-state index in [1.165, 1.54) is 18.4 Å². The van der Waals surface area contributed by atoms with Gasteiger partial charge in [0, 0.05) is 25.8 Å². The van der Waals surface area contributed by atoms with Crippen LogP contribution in [0.25, 0.3) is 0 Å². The fraction of sp³-hybridized carbons (Fsp3) is 0.382. The molecule has 1 aliphatic heterocycles. The van der Waals surface area contributed by atoms with Gasteiger partial charge in [0.2, 0.25) is 0 Å². The summed E-state index contributed by atoms with van der Waals surface area (Å²) in [6.45, 7) is 3.41. The fourth-order valence-electron chi connectivity index (χ4n) is 5.10. The number of nitrogens with one attached hydrogen (secondary N) is 1. The van der Waals surface area contributed by atoms with E-state index in [0.29, 0.717) is 38.0 Å². The number of allylic oxidation sites excluding steroid dienone is 2. The standard InChI is InChI=1S/C34H42N2O4/c1-2-3-4-5-6-7-29(37)12-8-24-11-15-32(39)33(23-24)40-19-17-25-10-14-31(38)28(20-25)22-26-9-13-30-27(21-26)16-18-36-34(30)35/h6-7,9-11,13-15,20-21,23,34,36,38-39H,2-5,8,12,16-19,22,35H2,1H3/b7-6+/t34-/m0/s1. The first-order valence-corrected chi connectivity index (χ1v) is 14.5. The molecule has 6 nitrogen and oxygen atoms in total. The zero-order valence-corrected chi connectivity index (χ0v) is 23.5. The van der Waals surface area contributed by atoms with Crippen LogP contribution < -0.4 is 15.8 Å². The summed E-state index contributed by atoms with van der Waals surface area (Å²) < 4.78 is 5.92. The van der Waals surface area contributed by atoms with Crippen molar-refractivity contribution in [2.75, 3.05) is 13.2 Å². The maximum atomic E-state index is 12.2. The number of aromatic hydroxyl groups is 2. The first-order chi connectivity index (χ1) is 19.4. The summed E-state index contributed by atoms with van der Waals surface area (Å²) >= 11 is 0. The van der Waals surface area contributed by atoms with Gasteiger partial charge < -0.3 is 20.7 Å². The zero-order valence-electron chi connectivity index (χ0n) is 23.5. The van der Waals surface area contributed by atoms with Gasteiger partial charge in [-0.3, -0.25) is 10.1 Å². The van der Waals surface area contributed by atoms with E-state index in [9.17, 15) is 15.0 Å². The Morgan fingerprint density at radius 2 is 1.77 bits per heavy atom. The molecule has 0 bridgehead atoms. The highest BCUT2D eigenvalue weighted by molar-refractivity contribution is 5.89. The zero-order chi connectivity index (χ0) is 28.3. The van der Waals surface area contributed by atoms with Gasteiger partial charge in [0.15, 0.2) is 17.3 Å². The minimum absolute atomic E-state index is 0.0830. The molecule has 1 heterocycles. The highest BCUT2D eigenvalue weighted by atomic mass is 16.5. The molecular weight excluding hydrogens is 500 g/mol. The predicted octanol–water partition coefficient (Wildman–Crippen LogP) is 6.05. The van der Waals surface area contributed by atoms with Gasteiger partial charge in [0.05, 0.1) is 12.8 Å². The number of ketones is 1. The van der Waals surface area contributed by atoms with Gasteiger partial charge in [0.25, 0.3) is 0 Å². The van der Waals surface area contributed by atoms with E-state index in [1.54, 1.807) is 18.2 Å². The first-order valence-electron chi connectivity index (χ1n) is 14.5. The number of unbranched alkanes of at least 4 members (excludes halogenated alkanes) is 3. The smallest absolute Gasteiger partial charge is 0.161 e. The van der Waals surface area contributed by atoms with Gasteiger partial charge in [-0.2, -0.15) is 0 Å². The summed E-state index contributed by atoms with van der Waals surface area (Å²) in [5.74, 6) is 0.892. The molecule has 0 spiro atoms. The Balaban J connectivity index is 1.30. The number of phenols is 2. The number of hydrogen-bond donors (Lipinski definition) is 4. The number of nitrogens with two attached hydrogens (primary N) is 1. The van der Waals surface area contributed by atoms with Crippen molar-refractivity contribution in [1.82, 2.24) is 5.32 Å². The Morgan fingerprint density at radius 3 is 2.60 bits per heavy atom. The first kappa shape index (κ1) is 29.4. The largest absolute Gasteiger partial charge is 0.508 e. The molecule has 0 aromatic heterocycles. The average molecular weight is 543 g/mol. The molecule has 0 saturated heterocycles. The van der Waals surface area contributed by atoms with Crippen LogP contribution in [0.2, 0.25) is 0 Å². The Labute approximate surface area is 237 Å². The predicted molar refractivity (Wildman–Crippen MR) is 160 cm³/mol. The molecular formula is C34H42N2O4. The lowest BCUT2D eigenvalue weighted by Gasteiger charge is -2.24. The number of carbonyl (C=O) groups excluding carboxylic acids is 1. The highest BCUT2D eigenvalue weighted by Crippen LogP contribution is 2.29. The van der Waals surface area contributed by atoms with Crippen molar-refractivity contribution < 1.29 is 19.7 Å². The Kier molecular flexibility index (Phi) is 10.8. The van der Waals surface area contributed by atoms with Gasteiger partial charge in [-0.1, -0.05) is 62.2 Å². The lowest BCUT2D eigenvalue weighted by atomic mass is 9.93. The van der Waals surface area contributed by atoms with Crippen molar-refractivity contribution in [3.63, 3.8) is 0 Å². The highest BCUT2D eigenvalue weighted by Gasteiger charge is 2.16. The third kappa shape index (κ3) is 8.44. The molecule has 0 amide bonds. The molecule has 6 heteroatoms. The minimum Gasteiger partial charge on any atom is -0.508 e.